The molecule has 0 bridgehead atoms. The van der Waals surface area contributed by atoms with Gasteiger partial charge in [0.15, 0.2) is 6.29 Å². The summed E-state index contributed by atoms with van der Waals surface area (Å²) < 4.78 is 11.4. The maximum absolute atomic E-state index is 5.89. The zero-order valence-electron chi connectivity index (χ0n) is 13.6. The molecule has 2 rings (SSSR count). The fourth-order valence-corrected chi connectivity index (χ4v) is 2.43. The lowest BCUT2D eigenvalue weighted by atomic mass is 9.96. The van der Waals surface area contributed by atoms with E-state index in [1.807, 2.05) is 13.0 Å². The van der Waals surface area contributed by atoms with Gasteiger partial charge in [-0.15, -0.1) is 0 Å². The van der Waals surface area contributed by atoms with Gasteiger partial charge >= 0.3 is 0 Å². The molecule has 0 N–H and O–H groups in total. The van der Waals surface area contributed by atoms with E-state index in [4.69, 9.17) is 9.47 Å². The van der Waals surface area contributed by atoms with Crippen LogP contribution in [-0.2, 0) is 4.74 Å². The summed E-state index contributed by atoms with van der Waals surface area (Å²) >= 11 is 0. The van der Waals surface area contributed by atoms with Crippen molar-refractivity contribution in [2.45, 2.75) is 52.7 Å². The van der Waals surface area contributed by atoms with Gasteiger partial charge in [-0.2, -0.15) is 0 Å². The molecule has 0 saturated heterocycles. The predicted octanol–water partition coefficient (Wildman–Crippen LogP) is 5.50. The Hall–Kier alpha value is -1.54. The summed E-state index contributed by atoms with van der Waals surface area (Å²) in [4.78, 5) is 0. The van der Waals surface area contributed by atoms with Crippen LogP contribution in [-0.4, -0.2) is 12.9 Å². The van der Waals surface area contributed by atoms with Crippen LogP contribution in [0, 0.1) is 0 Å². The Morgan fingerprint density at radius 3 is 2.29 bits per heavy atom. The first-order valence-electron chi connectivity index (χ1n) is 7.99. The molecule has 2 atom stereocenters. The highest BCUT2D eigenvalue weighted by molar-refractivity contribution is 5.84. The molecule has 2 unspecified atom stereocenters. The quantitative estimate of drug-likeness (QED) is 0.625. The van der Waals surface area contributed by atoms with E-state index in [9.17, 15) is 0 Å². The van der Waals surface area contributed by atoms with Gasteiger partial charge in [-0.1, -0.05) is 45.0 Å². The minimum Gasteiger partial charge on any atom is -0.465 e. The van der Waals surface area contributed by atoms with Gasteiger partial charge in [0.1, 0.15) is 5.75 Å². The molecular formula is C19H26O2. The van der Waals surface area contributed by atoms with Crippen LogP contribution >= 0.6 is 0 Å². The minimum atomic E-state index is -0.160. The number of hydrogen-bond acceptors (Lipinski definition) is 2. The summed E-state index contributed by atoms with van der Waals surface area (Å²) in [5, 5.41) is 2.48. The second-order valence-electron chi connectivity index (χ2n) is 5.49. The normalized spacial score (nSPS) is 14.1. The second-order valence-corrected chi connectivity index (χ2v) is 5.49. The van der Waals surface area contributed by atoms with Crippen LogP contribution in [0.15, 0.2) is 36.4 Å². The Balaban J connectivity index is 2.22. The van der Waals surface area contributed by atoms with Crippen LogP contribution in [0.3, 0.4) is 0 Å². The molecule has 2 heteroatoms. The van der Waals surface area contributed by atoms with Crippen molar-refractivity contribution in [2.24, 2.45) is 0 Å². The Labute approximate surface area is 128 Å². The minimum absolute atomic E-state index is 0.160. The molecule has 0 spiro atoms. The molecule has 0 aliphatic heterocycles. The van der Waals surface area contributed by atoms with E-state index < -0.39 is 0 Å². The van der Waals surface area contributed by atoms with Crippen molar-refractivity contribution >= 4 is 10.8 Å². The lowest BCUT2D eigenvalue weighted by Crippen LogP contribution is -2.19. The number of fused-ring (bicyclic) bond motifs is 1. The van der Waals surface area contributed by atoms with Crippen LogP contribution < -0.4 is 4.74 Å². The van der Waals surface area contributed by atoms with E-state index in [1.54, 1.807) is 0 Å². The summed E-state index contributed by atoms with van der Waals surface area (Å²) in [7, 11) is 0. The molecule has 114 valence electrons. The molecule has 2 aromatic carbocycles. The molecule has 2 nitrogen and oxygen atoms in total. The van der Waals surface area contributed by atoms with E-state index in [-0.39, 0.29) is 6.29 Å². The smallest absolute Gasteiger partial charge is 0.199 e. The maximum Gasteiger partial charge on any atom is 0.199 e. The van der Waals surface area contributed by atoms with Crippen molar-refractivity contribution in [3.05, 3.63) is 42.0 Å². The summed E-state index contributed by atoms with van der Waals surface area (Å²) in [5.41, 5.74) is 1.40. The van der Waals surface area contributed by atoms with Crippen LogP contribution in [0.4, 0.5) is 0 Å². The van der Waals surface area contributed by atoms with Gasteiger partial charge in [0.2, 0.25) is 0 Å². The molecule has 0 aliphatic carbocycles. The first-order chi connectivity index (χ1) is 10.2. The fourth-order valence-electron chi connectivity index (χ4n) is 2.43. The first-order valence-corrected chi connectivity index (χ1v) is 7.99. The zero-order valence-corrected chi connectivity index (χ0v) is 13.6. The summed E-state index contributed by atoms with van der Waals surface area (Å²) in [6, 6.07) is 13.0. The van der Waals surface area contributed by atoms with Crippen LogP contribution in [0.25, 0.3) is 10.8 Å². The Morgan fingerprint density at radius 2 is 1.62 bits per heavy atom. The first kappa shape index (κ1) is 15.8. The average molecular weight is 286 g/mol. The third-order valence-electron chi connectivity index (χ3n) is 3.97. The van der Waals surface area contributed by atoms with Crippen LogP contribution in [0.5, 0.6) is 5.75 Å². The molecule has 2 aromatic rings. The highest BCUT2D eigenvalue weighted by Gasteiger charge is 2.08. The molecule has 0 amide bonds. The van der Waals surface area contributed by atoms with Crippen molar-refractivity contribution in [1.29, 1.82) is 0 Å². The fraction of sp³-hybridized carbons (Fsp3) is 0.474. The molecule has 21 heavy (non-hydrogen) atoms. The number of ether oxygens (including phenoxy) is 2. The largest absolute Gasteiger partial charge is 0.465 e. The Kier molecular flexibility index (Phi) is 5.63. The SMILES string of the molecule is CCOC(CC)Oc1ccc2cc(C(C)CC)ccc2c1. The number of rotatable bonds is 7. The van der Waals surface area contributed by atoms with E-state index >= 15 is 0 Å². The van der Waals surface area contributed by atoms with Gasteiger partial charge in [0, 0.05) is 13.0 Å². The molecule has 0 aliphatic rings. The van der Waals surface area contributed by atoms with Gasteiger partial charge in [-0.05, 0) is 47.7 Å². The number of benzene rings is 2. The van der Waals surface area contributed by atoms with Crippen molar-refractivity contribution in [3.63, 3.8) is 0 Å². The third kappa shape index (κ3) is 3.98. The second kappa shape index (κ2) is 7.46. The van der Waals surface area contributed by atoms with Crippen molar-refractivity contribution < 1.29 is 9.47 Å². The summed E-state index contributed by atoms with van der Waals surface area (Å²) in [5.74, 6) is 1.48. The van der Waals surface area contributed by atoms with Crippen molar-refractivity contribution in [2.75, 3.05) is 6.61 Å². The van der Waals surface area contributed by atoms with E-state index in [2.05, 4.69) is 51.1 Å². The average Bonchev–Trinajstić information content (AvgIpc) is 2.53. The zero-order chi connectivity index (χ0) is 15.2. The van der Waals surface area contributed by atoms with Crippen molar-refractivity contribution in [1.82, 2.24) is 0 Å². The highest BCUT2D eigenvalue weighted by atomic mass is 16.7. The van der Waals surface area contributed by atoms with Crippen LogP contribution in [0.2, 0.25) is 0 Å². The van der Waals surface area contributed by atoms with Gasteiger partial charge < -0.3 is 9.47 Å². The predicted molar refractivity (Wildman–Crippen MR) is 89.0 cm³/mol. The van der Waals surface area contributed by atoms with E-state index in [0.29, 0.717) is 12.5 Å². The molecule has 0 saturated carbocycles. The lowest BCUT2D eigenvalue weighted by molar-refractivity contribution is -0.0765. The van der Waals surface area contributed by atoms with Gasteiger partial charge in [-0.3, -0.25) is 0 Å². The van der Waals surface area contributed by atoms with Gasteiger partial charge in [0.05, 0.1) is 0 Å². The molecular weight excluding hydrogens is 260 g/mol. The Bertz CT molecular complexity index is 577. The van der Waals surface area contributed by atoms with Crippen LogP contribution in [0.1, 0.15) is 52.0 Å². The molecule has 0 radical (unpaired) electrons. The topological polar surface area (TPSA) is 18.5 Å². The molecule has 0 fully saturated rings. The van der Waals surface area contributed by atoms with Gasteiger partial charge in [0.25, 0.3) is 0 Å². The number of hydrogen-bond donors (Lipinski definition) is 0. The van der Waals surface area contributed by atoms with Crippen molar-refractivity contribution in [3.8, 4) is 5.75 Å². The molecule has 0 heterocycles. The van der Waals surface area contributed by atoms with E-state index in [1.165, 1.54) is 22.8 Å². The summed E-state index contributed by atoms with van der Waals surface area (Å²) in [6.07, 6.45) is 1.85. The summed E-state index contributed by atoms with van der Waals surface area (Å²) in [6.45, 7) is 9.23. The third-order valence-corrected chi connectivity index (χ3v) is 3.97. The Morgan fingerprint density at radius 1 is 0.905 bits per heavy atom. The lowest BCUT2D eigenvalue weighted by Gasteiger charge is -2.17. The standard InChI is InChI=1S/C19H26O2/c1-5-14(4)15-8-9-17-13-18(11-10-16(17)12-15)21-19(6-2)20-7-3/h8-14,19H,5-7H2,1-4H3. The highest BCUT2D eigenvalue weighted by Crippen LogP contribution is 2.27. The maximum atomic E-state index is 5.89. The van der Waals surface area contributed by atoms with Gasteiger partial charge in [-0.25, -0.2) is 0 Å². The monoisotopic (exact) mass is 286 g/mol. The molecule has 0 aromatic heterocycles. The van der Waals surface area contributed by atoms with E-state index in [0.717, 1.165) is 12.2 Å².